The van der Waals surface area contributed by atoms with E-state index in [0.717, 1.165) is 10.9 Å². The van der Waals surface area contributed by atoms with Crippen LogP contribution >= 0.6 is 15.9 Å². The Kier molecular flexibility index (Phi) is 7.14. The average molecular weight is 287 g/mol. The van der Waals surface area contributed by atoms with Crippen LogP contribution in [0.5, 0.6) is 6.01 Å². The van der Waals surface area contributed by atoms with E-state index in [-0.39, 0.29) is 0 Å². The molecule has 1 aromatic heterocycles. The molecule has 0 unspecified atom stereocenters. The summed E-state index contributed by atoms with van der Waals surface area (Å²) < 4.78 is 6.30. The molecule has 3 nitrogen and oxygen atoms in total. The molecule has 0 radical (unpaired) electrons. The Morgan fingerprint density at radius 1 is 1.06 bits per heavy atom. The van der Waals surface area contributed by atoms with Crippen molar-refractivity contribution < 1.29 is 4.74 Å². The highest BCUT2D eigenvalue weighted by atomic mass is 79.9. The molecule has 0 aliphatic rings. The Balaban J connectivity index is 2.01. The first kappa shape index (κ1) is 13.4. The van der Waals surface area contributed by atoms with Gasteiger partial charge in [-0.3, -0.25) is 0 Å². The van der Waals surface area contributed by atoms with E-state index in [4.69, 9.17) is 4.74 Å². The number of halogens is 1. The molecule has 0 aliphatic heterocycles. The van der Waals surface area contributed by atoms with E-state index in [1.54, 1.807) is 12.4 Å². The van der Waals surface area contributed by atoms with E-state index >= 15 is 0 Å². The first-order valence-corrected chi connectivity index (χ1v) is 6.72. The first-order valence-electron chi connectivity index (χ1n) is 5.93. The Labute approximate surface area is 106 Å². The monoisotopic (exact) mass is 286 g/mol. The number of aromatic nitrogens is 2. The van der Waals surface area contributed by atoms with Gasteiger partial charge in [-0.25, -0.2) is 9.97 Å². The van der Waals surface area contributed by atoms with Crippen LogP contribution in [0, 0.1) is 0 Å². The number of hydrogen-bond acceptors (Lipinski definition) is 3. The highest BCUT2D eigenvalue weighted by Gasteiger charge is 1.96. The summed E-state index contributed by atoms with van der Waals surface area (Å²) in [6, 6.07) is 0.469. The third kappa shape index (κ3) is 6.05. The summed E-state index contributed by atoms with van der Waals surface area (Å²) in [7, 11) is 0. The van der Waals surface area contributed by atoms with Gasteiger partial charge >= 0.3 is 6.01 Å². The van der Waals surface area contributed by atoms with Crippen LogP contribution in [0.2, 0.25) is 0 Å². The Bertz CT molecular complexity index is 277. The molecule has 0 spiro atoms. The second-order valence-electron chi connectivity index (χ2n) is 3.80. The lowest BCUT2D eigenvalue weighted by Crippen LogP contribution is -2.00. The molecule has 1 rings (SSSR count). The summed E-state index contributed by atoms with van der Waals surface area (Å²) in [4.78, 5) is 8.09. The van der Waals surface area contributed by atoms with Crippen molar-refractivity contribution in [3.63, 3.8) is 0 Å². The van der Waals surface area contributed by atoms with Gasteiger partial charge in [-0.05, 0) is 22.4 Å². The summed E-state index contributed by atoms with van der Waals surface area (Å²) in [5, 5.41) is 0. The van der Waals surface area contributed by atoms with Gasteiger partial charge in [0.1, 0.15) is 0 Å². The van der Waals surface area contributed by atoms with Crippen molar-refractivity contribution in [2.75, 3.05) is 6.61 Å². The molecule has 4 heteroatoms. The Morgan fingerprint density at radius 3 is 2.38 bits per heavy atom. The fraction of sp³-hybridized carbons (Fsp3) is 0.667. The predicted octanol–water partition coefficient (Wildman–Crippen LogP) is 3.98. The SMILES string of the molecule is CCCCCCCCOc1ncc(Br)cn1. The minimum absolute atomic E-state index is 0.469. The van der Waals surface area contributed by atoms with E-state index in [1.165, 1.54) is 32.1 Å². The molecular formula is C12H19BrN2O. The van der Waals surface area contributed by atoms with Crippen molar-refractivity contribution in [2.45, 2.75) is 45.4 Å². The lowest BCUT2D eigenvalue weighted by Gasteiger charge is -2.03. The summed E-state index contributed by atoms with van der Waals surface area (Å²) >= 11 is 3.28. The van der Waals surface area contributed by atoms with Crippen molar-refractivity contribution >= 4 is 15.9 Å². The molecule has 16 heavy (non-hydrogen) atoms. The fourth-order valence-corrected chi connectivity index (χ4v) is 1.63. The van der Waals surface area contributed by atoms with Crippen molar-refractivity contribution in [1.82, 2.24) is 9.97 Å². The maximum absolute atomic E-state index is 5.42. The van der Waals surface area contributed by atoms with E-state index in [1.807, 2.05) is 0 Å². The number of rotatable bonds is 8. The van der Waals surface area contributed by atoms with Crippen LogP contribution in [-0.2, 0) is 0 Å². The topological polar surface area (TPSA) is 35.0 Å². The summed E-state index contributed by atoms with van der Waals surface area (Å²) in [6.07, 6.45) is 11.0. The Hall–Kier alpha value is -0.640. The molecule has 90 valence electrons. The minimum Gasteiger partial charge on any atom is -0.463 e. The van der Waals surface area contributed by atoms with Crippen molar-refractivity contribution in [1.29, 1.82) is 0 Å². The lowest BCUT2D eigenvalue weighted by molar-refractivity contribution is 0.281. The quantitative estimate of drug-likeness (QED) is 0.678. The van der Waals surface area contributed by atoms with Gasteiger partial charge in [0.25, 0.3) is 0 Å². The summed E-state index contributed by atoms with van der Waals surface area (Å²) in [6.45, 7) is 2.95. The molecule has 1 heterocycles. The zero-order chi connectivity index (χ0) is 11.6. The summed E-state index contributed by atoms with van der Waals surface area (Å²) in [5.74, 6) is 0. The molecule has 0 aliphatic carbocycles. The molecule has 0 atom stereocenters. The van der Waals surface area contributed by atoms with Gasteiger partial charge in [0.2, 0.25) is 0 Å². The first-order chi connectivity index (χ1) is 7.83. The number of hydrogen-bond donors (Lipinski definition) is 0. The molecule has 1 aromatic rings. The van der Waals surface area contributed by atoms with Gasteiger partial charge in [-0.15, -0.1) is 0 Å². The summed E-state index contributed by atoms with van der Waals surface area (Å²) in [5.41, 5.74) is 0. The van der Waals surface area contributed by atoms with Gasteiger partial charge in [0.15, 0.2) is 0 Å². The third-order valence-corrected chi connectivity index (χ3v) is 2.74. The second kappa shape index (κ2) is 8.50. The zero-order valence-corrected chi connectivity index (χ0v) is 11.4. The van der Waals surface area contributed by atoms with Gasteiger partial charge in [0, 0.05) is 12.4 Å². The van der Waals surface area contributed by atoms with E-state index in [0.29, 0.717) is 12.6 Å². The minimum atomic E-state index is 0.469. The standard InChI is InChI=1S/C12H19BrN2O/c1-2-3-4-5-6-7-8-16-12-14-9-11(13)10-15-12/h9-10H,2-8H2,1H3. The average Bonchev–Trinajstić information content (AvgIpc) is 2.30. The van der Waals surface area contributed by atoms with Crippen LogP contribution in [0.15, 0.2) is 16.9 Å². The van der Waals surface area contributed by atoms with Crippen molar-refractivity contribution in [3.8, 4) is 6.01 Å². The van der Waals surface area contributed by atoms with Crippen molar-refractivity contribution in [2.24, 2.45) is 0 Å². The molecule has 0 saturated carbocycles. The molecule has 0 bridgehead atoms. The number of nitrogens with zero attached hydrogens (tertiary/aromatic N) is 2. The predicted molar refractivity (Wildman–Crippen MR) is 68.6 cm³/mol. The van der Waals surface area contributed by atoms with E-state index in [2.05, 4.69) is 32.8 Å². The van der Waals surface area contributed by atoms with Crippen LogP contribution in [0.3, 0.4) is 0 Å². The smallest absolute Gasteiger partial charge is 0.316 e. The molecule has 0 N–H and O–H groups in total. The fourth-order valence-electron chi connectivity index (χ4n) is 1.42. The largest absolute Gasteiger partial charge is 0.463 e. The van der Waals surface area contributed by atoms with Crippen LogP contribution in [0.4, 0.5) is 0 Å². The van der Waals surface area contributed by atoms with Gasteiger partial charge in [-0.2, -0.15) is 0 Å². The highest BCUT2D eigenvalue weighted by molar-refractivity contribution is 9.10. The lowest BCUT2D eigenvalue weighted by atomic mass is 10.1. The number of unbranched alkanes of at least 4 members (excludes halogenated alkanes) is 5. The maximum Gasteiger partial charge on any atom is 0.316 e. The van der Waals surface area contributed by atoms with Crippen LogP contribution in [0.1, 0.15) is 45.4 Å². The molecule has 0 aromatic carbocycles. The molecule has 0 fully saturated rings. The second-order valence-corrected chi connectivity index (χ2v) is 4.72. The normalized spacial score (nSPS) is 10.4. The van der Waals surface area contributed by atoms with E-state index in [9.17, 15) is 0 Å². The van der Waals surface area contributed by atoms with Gasteiger partial charge < -0.3 is 4.74 Å². The molecule has 0 saturated heterocycles. The molecule has 0 amide bonds. The Morgan fingerprint density at radius 2 is 1.69 bits per heavy atom. The van der Waals surface area contributed by atoms with Crippen LogP contribution in [-0.4, -0.2) is 16.6 Å². The van der Waals surface area contributed by atoms with E-state index < -0.39 is 0 Å². The number of ether oxygens (including phenoxy) is 1. The van der Waals surface area contributed by atoms with Crippen molar-refractivity contribution in [3.05, 3.63) is 16.9 Å². The van der Waals surface area contributed by atoms with Crippen LogP contribution in [0.25, 0.3) is 0 Å². The van der Waals surface area contributed by atoms with Gasteiger partial charge in [0.05, 0.1) is 11.1 Å². The molecular weight excluding hydrogens is 268 g/mol. The third-order valence-electron chi connectivity index (χ3n) is 2.33. The van der Waals surface area contributed by atoms with Crippen LogP contribution < -0.4 is 4.74 Å². The highest BCUT2D eigenvalue weighted by Crippen LogP contribution is 2.09. The zero-order valence-electron chi connectivity index (χ0n) is 9.79. The van der Waals surface area contributed by atoms with Gasteiger partial charge in [-0.1, -0.05) is 39.0 Å². The maximum atomic E-state index is 5.42.